The maximum absolute atomic E-state index is 12.3. The van der Waals surface area contributed by atoms with E-state index in [1.54, 1.807) is 12.1 Å². The predicted molar refractivity (Wildman–Crippen MR) is 92.7 cm³/mol. The molecular formula is C16H21N5O2S. The largest absolute Gasteiger partial charge is 0.369 e. The molecule has 2 rings (SSSR count). The van der Waals surface area contributed by atoms with Crippen molar-refractivity contribution in [2.24, 2.45) is 5.73 Å². The number of hydrogen-bond acceptors (Lipinski definition) is 5. The molecule has 2 aromatic rings. The van der Waals surface area contributed by atoms with Crippen molar-refractivity contribution >= 4 is 23.6 Å². The number of carbonyl (C=O) groups excluding carboxylic acids is 2. The summed E-state index contributed by atoms with van der Waals surface area (Å²) in [5, 5.41) is 11.8. The van der Waals surface area contributed by atoms with Crippen molar-refractivity contribution in [1.82, 2.24) is 20.1 Å². The minimum atomic E-state index is -0.409. The Morgan fingerprint density at radius 3 is 2.54 bits per heavy atom. The van der Waals surface area contributed by atoms with Gasteiger partial charge in [0.2, 0.25) is 5.91 Å². The van der Waals surface area contributed by atoms with Gasteiger partial charge in [-0.1, -0.05) is 29.5 Å². The van der Waals surface area contributed by atoms with E-state index in [1.165, 1.54) is 11.8 Å². The van der Waals surface area contributed by atoms with Crippen LogP contribution in [-0.2, 0) is 11.3 Å². The van der Waals surface area contributed by atoms with E-state index in [4.69, 9.17) is 5.73 Å². The number of aryl methyl sites for hydroxylation is 1. The summed E-state index contributed by atoms with van der Waals surface area (Å²) in [6.45, 7) is 6.41. The fourth-order valence-corrected chi connectivity index (χ4v) is 2.96. The Hall–Kier alpha value is -2.35. The summed E-state index contributed by atoms with van der Waals surface area (Å²) >= 11 is 1.24. The molecule has 1 atom stereocenters. The number of hydrogen-bond donors (Lipinski definition) is 2. The highest BCUT2D eigenvalue weighted by molar-refractivity contribution is 7.99. The molecule has 0 aliphatic carbocycles. The standard InChI is InChI=1S/C16H21N5O2S/c1-4-21-14(19-20-16(21)24-9-13(17)22)11(3)18-15(23)12-7-5-10(2)6-8-12/h5-8,11H,4,9H2,1-3H3,(H2,17,22)(H,18,23)/t11-/m1/s1. The summed E-state index contributed by atoms with van der Waals surface area (Å²) in [7, 11) is 0. The molecule has 0 saturated carbocycles. The second-order valence-corrected chi connectivity index (χ2v) is 6.34. The molecule has 24 heavy (non-hydrogen) atoms. The van der Waals surface area contributed by atoms with Crippen molar-refractivity contribution in [3.63, 3.8) is 0 Å². The van der Waals surface area contributed by atoms with Gasteiger partial charge < -0.3 is 15.6 Å². The molecule has 8 heteroatoms. The van der Waals surface area contributed by atoms with Gasteiger partial charge in [-0.05, 0) is 32.9 Å². The van der Waals surface area contributed by atoms with Crippen molar-refractivity contribution in [2.75, 3.05) is 5.75 Å². The van der Waals surface area contributed by atoms with Crippen molar-refractivity contribution in [2.45, 2.75) is 38.5 Å². The molecule has 0 unspecified atom stereocenters. The van der Waals surface area contributed by atoms with Crippen LogP contribution in [0.15, 0.2) is 29.4 Å². The van der Waals surface area contributed by atoms with E-state index in [-0.39, 0.29) is 17.7 Å². The molecular weight excluding hydrogens is 326 g/mol. The summed E-state index contributed by atoms with van der Waals surface area (Å²) in [6, 6.07) is 7.06. The van der Waals surface area contributed by atoms with E-state index in [1.807, 2.05) is 37.5 Å². The van der Waals surface area contributed by atoms with E-state index in [2.05, 4.69) is 15.5 Å². The molecule has 0 aliphatic heterocycles. The van der Waals surface area contributed by atoms with E-state index in [0.29, 0.717) is 23.1 Å². The highest BCUT2D eigenvalue weighted by Crippen LogP contribution is 2.20. The molecule has 128 valence electrons. The Kier molecular flexibility index (Phi) is 5.97. The third-order valence-corrected chi connectivity index (χ3v) is 4.44. The number of benzene rings is 1. The van der Waals surface area contributed by atoms with Crippen LogP contribution < -0.4 is 11.1 Å². The number of carbonyl (C=O) groups is 2. The van der Waals surface area contributed by atoms with E-state index >= 15 is 0 Å². The average Bonchev–Trinajstić information content (AvgIpc) is 2.96. The lowest BCUT2D eigenvalue weighted by molar-refractivity contribution is -0.115. The first-order valence-electron chi connectivity index (χ1n) is 7.64. The van der Waals surface area contributed by atoms with Gasteiger partial charge in [0.15, 0.2) is 11.0 Å². The van der Waals surface area contributed by atoms with Gasteiger partial charge >= 0.3 is 0 Å². The summed E-state index contributed by atoms with van der Waals surface area (Å²) in [5.74, 6) is 0.208. The molecule has 3 N–H and O–H groups in total. The van der Waals surface area contributed by atoms with Crippen molar-refractivity contribution < 1.29 is 9.59 Å². The van der Waals surface area contributed by atoms with Crippen LogP contribution in [0.2, 0.25) is 0 Å². The Morgan fingerprint density at radius 2 is 1.96 bits per heavy atom. The average molecular weight is 347 g/mol. The molecule has 0 aliphatic rings. The smallest absolute Gasteiger partial charge is 0.251 e. The second kappa shape index (κ2) is 7.96. The van der Waals surface area contributed by atoms with E-state index in [0.717, 1.165) is 5.56 Å². The number of nitrogens with two attached hydrogens (primary N) is 1. The third kappa shape index (κ3) is 4.35. The lowest BCUT2D eigenvalue weighted by Gasteiger charge is -2.15. The number of primary amides is 1. The molecule has 0 bridgehead atoms. The molecule has 2 amide bonds. The van der Waals surface area contributed by atoms with Crippen molar-refractivity contribution in [3.05, 3.63) is 41.2 Å². The Morgan fingerprint density at radius 1 is 1.29 bits per heavy atom. The molecule has 1 heterocycles. The van der Waals surface area contributed by atoms with E-state index < -0.39 is 5.91 Å². The fraction of sp³-hybridized carbons (Fsp3) is 0.375. The molecule has 0 radical (unpaired) electrons. The normalized spacial score (nSPS) is 12.0. The second-order valence-electron chi connectivity index (χ2n) is 5.40. The Bertz CT molecular complexity index is 727. The van der Waals surface area contributed by atoms with Gasteiger partial charge in [-0.2, -0.15) is 0 Å². The first kappa shape index (κ1) is 18.0. The van der Waals surface area contributed by atoms with Gasteiger partial charge in [-0.3, -0.25) is 9.59 Å². The maximum Gasteiger partial charge on any atom is 0.251 e. The lowest BCUT2D eigenvalue weighted by Crippen LogP contribution is -2.28. The molecule has 0 spiro atoms. The first-order chi connectivity index (χ1) is 11.4. The van der Waals surface area contributed by atoms with Gasteiger partial charge in [0, 0.05) is 12.1 Å². The summed E-state index contributed by atoms with van der Waals surface area (Å²) in [4.78, 5) is 23.3. The molecule has 1 aromatic heterocycles. The minimum Gasteiger partial charge on any atom is -0.369 e. The van der Waals surface area contributed by atoms with Gasteiger partial charge in [0.05, 0.1) is 11.8 Å². The van der Waals surface area contributed by atoms with Gasteiger partial charge in [0.1, 0.15) is 0 Å². The van der Waals surface area contributed by atoms with Gasteiger partial charge in [-0.15, -0.1) is 10.2 Å². The number of amides is 2. The minimum absolute atomic E-state index is 0.141. The Balaban J connectivity index is 2.11. The van der Waals surface area contributed by atoms with Crippen LogP contribution in [0.3, 0.4) is 0 Å². The zero-order valence-corrected chi connectivity index (χ0v) is 14.8. The maximum atomic E-state index is 12.3. The van der Waals surface area contributed by atoms with Crippen LogP contribution in [0.25, 0.3) is 0 Å². The van der Waals surface area contributed by atoms with Crippen LogP contribution in [0.5, 0.6) is 0 Å². The number of nitrogens with zero attached hydrogens (tertiary/aromatic N) is 3. The van der Waals surface area contributed by atoms with Gasteiger partial charge in [0.25, 0.3) is 5.91 Å². The monoisotopic (exact) mass is 347 g/mol. The zero-order chi connectivity index (χ0) is 17.7. The van der Waals surface area contributed by atoms with E-state index in [9.17, 15) is 9.59 Å². The van der Waals surface area contributed by atoms with Crippen molar-refractivity contribution in [1.29, 1.82) is 0 Å². The summed E-state index contributed by atoms with van der Waals surface area (Å²) in [6.07, 6.45) is 0. The van der Waals surface area contributed by atoms with Gasteiger partial charge in [-0.25, -0.2) is 0 Å². The summed E-state index contributed by atoms with van der Waals surface area (Å²) < 4.78 is 1.87. The lowest BCUT2D eigenvalue weighted by atomic mass is 10.1. The number of aromatic nitrogens is 3. The topological polar surface area (TPSA) is 103 Å². The molecule has 1 aromatic carbocycles. The van der Waals surface area contributed by atoms with Crippen molar-refractivity contribution in [3.8, 4) is 0 Å². The third-order valence-electron chi connectivity index (χ3n) is 3.45. The number of nitrogens with one attached hydrogen (secondary N) is 1. The number of thioether (sulfide) groups is 1. The van der Waals surface area contributed by atoms with Crippen LogP contribution in [0.4, 0.5) is 0 Å². The SMILES string of the molecule is CCn1c(SCC(N)=O)nnc1[C@@H](C)NC(=O)c1ccc(C)cc1. The fourth-order valence-electron chi connectivity index (χ4n) is 2.21. The quantitative estimate of drug-likeness (QED) is 0.742. The zero-order valence-electron chi connectivity index (χ0n) is 13.9. The predicted octanol–water partition coefficient (Wildman–Crippen LogP) is 1.67. The summed E-state index contributed by atoms with van der Waals surface area (Å²) in [5.41, 5.74) is 6.86. The molecule has 0 saturated heterocycles. The first-order valence-corrected chi connectivity index (χ1v) is 8.62. The van der Waals surface area contributed by atoms with Crippen LogP contribution in [-0.4, -0.2) is 32.3 Å². The van der Waals surface area contributed by atoms with Crippen LogP contribution >= 0.6 is 11.8 Å². The van der Waals surface area contributed by atoms with Crippen LogP contribution in [0.1, 0.15) is 41.6 Å². The molecule has 7 nitrogen and oxygen atoms in total. The highest BCUT2D eigenvalue weighted by Gasteiger charge is 2.19. The highest BCUT2D eigenvalue weighted by atomic mass is 32.2. The molecule has 0 fully saturated rings. The number of rotatable bonds is 7. The Labute approximate surface area is 145 Å². The van der Waals surface area contributed by atoms with Crippen LogP contribution in [0, 0.1) is 6.92 Å².